The van der Waals surface area contributed by atoms with Crippen molar-refractivity contribution in [2.24, 2.45) is 0 Å². The predicted octanol–water partition coefficient (Wildman–Crippen LogP) is 3.26. The fourth-order valence-corrected chi connectivity index (χ4v) is 3.09. The summed E-state index contributed by atoms with van der Waals surface area (Å²) >= 11 is 7.12. The Balaban J connectivity index is 1.68. The van der Waals surface area contributed by atoms with E-state index in [2.05, 4.69) is 20.8 Å². The van der Waals surface area contributed by atoms with Crippen LogP contribution < -0.4 is 5.32 Å². The Kier molecular flexibility index (Phi) is 5.67. The minimum Gasteiger partial charge on any atom is -0.324 e. The third kappa shape index (κ3) is 4.60. The second-order valence-electron chi connectivity index (χ2n) is 5.47. The van der Waals surface area contributed by atoms with Crippen molar-refractivity contribution in [2.45, 2.75) is 12.1 Å². The standard InChI is InChI=1S/C16H13ClN6O3S/c1-10-3-2-4-11(7-10)22-16(19-20-21-22)27-9-15(24)18-14-8-12(23(25)26)5-6-13(14)17/h2-8H,9H2,1H3,(H,18,24). The number of halogens is 1. The first kappa shape index (κ1) is 18.8. The molecule has 1 heterocycles. The van der Waals surface area contributed by atoms with Gasteiger partial charge in [0, 0.05) is 12.1 Å². The van der Waals surface area contributed by atoms with Crippen molar-refractivity contribution < 1.29 is 9.72 Å². The summed E-state index contributed by atoms with van der Waals surface area (Å²) in [6.45, 7) is 1.96. The molecule has 0 aliphatic carbocycles. The van der Waals surface area contributed by atoms with Gasteiger partial charge < -0.3 is 5.32 Å². The number of nitrogens with zero attached hydrogens (tertiary/aromatic N) is 5. The number of tetrazole rings is 1. The maximum Gasteiger partial charge on any atom is 0.271 e. The molecular weight excluding hydrogens is 392 g/mol. The van der Waals surface area contributed by atoms with Gasteiger partial charge in [0.05, 0.1) is 27.1 Å². The Labute approximate surface area is 162 Å². The molecule has 0 atom stereocenters. The Bertz CT molecular complexity index is 1010. The number of nitro groups is 1. The topological polar surface area (TPSA) is 116 Å². The number of nitro benzene ring substituents is 1. The zero-order chi connectivity index (χ0) is 19.4. The number of non-ortho nitro benzene ring substituents is 1. The van der Waals surface area contributed by atoms with Gasteiger partial charge in [0.25, 0.3) is 5.69 Å². The maximum absolute atomic E-state index is 12.2. The molecule has 9 nitrogen and oxygen atoms in total. The number of hydrogen-bond donors (Lipinski definition) is 1. The molecule has 0 aliphatic rings. The van der Waals surface area contributed by atoms with Gasteiger partial charge in [-0.15, -0.1) is 5.10 Å². The number of aryl methyl sites for hydroxylation is 1. The molecule has 0 bridgehead atoms. The van der Waals surface area contributed by atoms with E-state index >= 15 is 0 Å². The smallest absolute Gasteiger partial charge is 0.271 e. The summed E-state index contributed by atoms with van der Waals surface area (Å²) in [4.78, 5) is 22.5. The van der Waals surface area contributed by atoms with E-state index in [4.69, 9.17) is 11.6 Å². The highest BCUT2D eigenvalue weighted by Gasteiger charge is 2.15. The number of thioether (sulfide) groups is 1. The highest BCUT2D eigenvalue weighted by Crippen LogP contribution is 2.27. The van der Waals surface area contributed by atoms with Gasteiger partial charge in [0.2, 0.25) is 11.1 Å². The summed E-state index contributed by atoms with van der Waals surface area (Å²) in [5, 5.41) is 25.6. The van der Waals surface area contributed by atoms with Crippen molar-refractivity contribution in [3.63, 3.8) is 0 Å². The van der Waals surface area contributed by atoms with E-state index in [1.165, 1.54) is 22.9 Å². The predicted molar refractivity (Wildman–Crippen MR) is 101 cm³/mol. The number of rotatable bonds is 6. The fourth-order valence-electron chi connectivity index (χ4n) is 2.23. The normalized spacial score (nSPS) is 10.6. The molecule has 0 spiro atoms. The first-order valence-electron chi connectivity index (χ1n) is 7.66. The van der Waals surface area contributed by atoms with Crippen LogP contribution in [-0.2, 0) is 4.79 Å². The van der Waals surface area contributed by atoms with Crippen LogP contribution in [0.25, 0.3) is 5.69 Å². The number of carbonyl (C=O) groups excluding carboxylic acids is 1. The van der Waals surface area contributed by atoms with Gasteiger partial charge in [-0.25, -0.2) is 0 Å². The van der Waals surface area contributed by atoms with Gasteiger partial charge in [-0.1, -0.05) is 35.5 Å². The fraction of sp³-hybridized carbons (Fsp3) is 0.125. The van der Waals surface area contributed by atoms with Crippen LogP contribution >= 0.6 is 23.4 Å². The molecule has 0 radical (unpaired) electrons. The van der Waals surface area contributed by atoms with Gasteiger partial charge in [-0.2, -0.15) is 4.68 Å². The molecule has 0 fully saturated rings. The largest absolute Gasteiger partial charge is 0.324 e. The lowest BCUT2D eigenvalue weighted by molar-refractivity contribution is -0.384. The van der Waals surface area contributed by atoms with E-state index in [-0.39, 0.29) is 28.1 Å². The minimum atomic E-state index is -0.559. The first-order chi connectivity index (χ1) is 12.9. The Morgan fingerprint density at radius 3 is 2.89 bits per heavy atom. The maximum atomic E-state index is 12.2. The molecule has 1 amide bonds. The van der Waals surface area contributed by atoms with Crippen LogP contribution in [0.4, 0.5) is 11.4 Å². The van der Waals surface area contributed by atoms with E-state index in [0.29, 0.717) is 5.16 Å². The third-order valence-corrected chi connectivity index (χ3v) is 4.70. The van der Waals surface area contributed by atoms with E-state index in [0.717, 1.165) is 23.0 Å². The van der Waals surface area contributed by atoms with Crippen molar-refractivity contribution in [2.75, 3.05) is 11.1 Å². The molecule has 138 valence electrons. The monoisotopic (exact) mass is 404 g/mol. The summed E-state index contributed by atoms with van der Waals surface area (Å²) in [5.41, 5.74) is 1.85. The van der Waals surface area contributed by atoms with Crippen LogP contribution in [0.15, 0.2) is 47.6 Å². The van der Waals surface area contributed by atoms with Gasteiger partial charge in [-0.3, -0.25) is 14.9 Å². The number of aromatic nitrogens is 4. The number of nitrogens with one attached hydrogen (secondary N) is 1. The molecule has 0 aliphatic heterocycles. The number of hydrogen-bond acceptors (Lipinski definition) is 7. The summed E-state index contributed by atoms with van der Waals surface area (Å²) < 4.78 is 1.53. The number of benzene rings is 2. The molecule has 11 heteroatoms. The zero-order valence-corrected chi connectivity index (χ0v) is 15.6. The lowest BCUT2D eigenvalue weighted by atomic mass is 10.2. The molecule has 2 aromatic carbocycles. The molecule has 0 unspecified atom stereocenters. The molecule has 27 heavy (non-hydrogen) atoms. The molecule has 3 rings (SSSR count). The van der Waals surface area contributed by atoms with Crippen LogP contribution in [0.2, 0.25) is 5.02 Å². The number of carbonyl (C=O) groups is 1. The molecule has 3 aromatic rings. The third-order valence-electron chi connectivity index (χ3n) is 3.45. The highest BCUT2D eigenvalue weighted by atomic mass is 35.5. The second kappa shape index (κ2) is 8.14. The minimum absolute atomic E-state index is 0.00517. The Hall–Kier alpha value is -2.98. The van der Waals surface area contributed by atoms with E-state index in [9.17, 15) is 14.9 Å². The molecular formula is C16H13ClN6O3S. The van der Waals surface area contributed by atoms with E-state index in [1.807, 2.05) is 31.2 Å². The van der Waals surface area contributed by atoms with Crippen LogP contribution in [0.3, 0.4) is 0 Å². The first-order valence-corrected chi connectivity index (χ1v) is 9.02. The average Bonchev–Trinajstić information content (AvgIpc) is 3.10. The Morgan fingerprint density at radius 1 is 1.33 bits per heavy atom. The number of anilines is 1. The van der Waals surface area contributed by atoms with Gasteiger partial charge in [0.15, 0.2) is 0 Å². The van der Waals surface area contributed by atoms with Crippen LogP contribution in [-0.4, -0.2) is 36.8 Å². The molecule has 1 aromatic heterocycles. The molecule has 1 N–H and O–H groups in total. The van der Waals surface area contributed by atoms with Crippen molar-refractivity contribution in [3.05, 3.63) is 63.2 Å². The summed E-state index contributed by atoms with van der Waals surface area (Å²) in [6, 6.07) is 11.5. The lowest BCUT2D eigenvalue weighted by Gasteiger charge is -2.07. The number of amides is 1. The van der Waals surface area contributed by atoms with Crippen LogP contribution in [0, 0.1) is 17.0 Å². The van der Waals surface area contributed by atoms with Gasteiger partial charge >= 0.3 is 0 Å². The van der Waals surface area contributed by atoms with Crippen LogP contribution in [0.5, 0.6) is 0 Å². The van der Waals surface area contributed by atoms with Crippen molar-refractivity contribution >= 4 is 40.6 Å². The SMILES string of the molecule is Cc1cccc(-n2nnnc2SCC(=O)Nc2cc([N+](=O)[O-])ccc2Cl)c1. The zero-order valence-electron chi connectivity index (χ0n) is 14.0. The van der Waals surface area contributed by atoms with E-state index in [1.54, 1.807) is 0 Å². The van der Waals surface area contributed by atoms with E-state index < -0.39 is 4.92 Å². The summed E-state index contributed by atoms with van der Waals surface area (Å²) in [6.07, 6.45) is 0. The molecule has 0 saturated heterocycles. The second-order valence-corrected chi connectivity index (χ2v) is 6.82. The quantitative estimate of drug-likeness (QED) is 0.380. The van der Waals surface area contributed by atoms with Crippen molar-refractivity contribution in [1.82, 2.24) is 20.2 Å². The van der Waals surface area contributed by atoms with Crippen molar-refractivity contribution in [1.29, 1.82) is 0 Å². The van der Waals surface area contributed by atoms with Crippen molar-refractivity contribution in [3.8, 4) is 5.69 Å². The Morgan fingerprint density at radius 2 is 2.15 bits per heavy atom. The van der Waals surface area contributed by atoms with Crippen LogP contribution in [0.1, 0.15) is 5.56 Å². The summed E-state index contributed by atoms with van der Waals surface area (Å²) in [7, 11) is 0. The molecule has 0 saturated carbocycles. The highest BCUT2D eigenvalue weighted by molar-refractivity contribution is 7.99. The van der Waals surface area contributed by atoms with Gasteiger partial charge in [-0.05, 0) is 41.1 Å². The van der Waals surface area contributed by atoms with Gasteiger partial charge in [0.1, 0.15) is 0 Å². The average molecular weight is 405 g/mol. The summed E-state index contributed by atoms with van der Waals surface area (Å²) in [5.74, 6) is -0.383. The lowest BCUT2D eigenvalue weighted by Crippen LogP contribution is -2.15.